The number of rotatable bonds is 3. The van der Waals surface area contributed by atoms with Crippen LogP contribution in [0.2, 0.25) is 0 Å². The second-order valence-electron chi connectivity index (χ2n) is 3.59. The fourth-order valence-corrected chi connectivity index (χ4v) is 1.33. The quantitative estimate of drug-likeness (QED) is 0.762. The second kappa shape index (κ2) is 4.38. The summed E-state index contributed by atoms with van der Waals surface area (Å²) in [6, 6.07) is 7.42. The predicted molar refractivity (Wildman–Crippen MR) is 53.3 cm³/mol. The number of halogens is 1. The van der Waals surface area contributed by atoms with Crippen LogP contribution < -0.4 is 5.73 Å². The molecular formula is C11H16FN. The Bertz CT molecular complexity index is 271. The molecule has 2 heteroatoms. The second-order valence-corrected chi connectivity index (χ2v) is 3.59. The topological polar surface area (TPSA) is 26.0 Å². The molecule has 0 radical (unpaired) electrons. The molecule has 0 saturated heterocycles. The molecule has 1 aromatic rings. The van der Waals surface area contributed by atoms with Crippen molar-refractivity contribution in [2.24, 2.45) is 5.73 Å². The van der Waals surface area contributed by atoms with E-state index in [4.69, 9.17) is 5.73 Å². The van der Waals surface area contributed by atoms with E-state index in [2.05, 4.69) is 0 Å². The summed E-state index contributed by atoms with van der Waals surface area (Å²) in [7, 11) is 0. The van der Waals surface area contributed by atoms with Crippen molar-refractivity contribution in [3.63, 3.8) is 0 Å². The number of hydrogen-bond donors (Lipinski definition) is 1. The molecule has 72 valence electrons. The molecule has 0 aliphatic carbocycles. The smallest absolute Gasteiger partial charge is 0.127 e. The van der Waals surface area contributed by atoms with Gasteiger partial charge in [-0.3, -0.25) is 0 Å². The zero-order chi connectivity index (χ0) is 9.84. The first-order valence-electron chi connectivity index (χ1n) is 4.56. The lowest BCUT2D eigenvalue weighted by molar-refractivity contribution is 0.307. The SMILES string of the molecule is Cc1cccc(C(F)CC(C)N)c1. The molecule has 0 aromatic heterocycles. The highest BCUT2D eigenvalue weighted by Gasteiger charge is 2.11. The van der Waals surface area contributed by atoms with Gasteiger partial charge in [0.1, 0.15) is 6.17 Å². The summed E-state index contributed by atoms with van der Waals surface area (Å²) >= 11 is 0. The molecule has 1 nitrogen and oxygen atoms in total. The molecule has 0 fully saturated rings. The van der Waals surface area contributed by atoms with E-state index in [0.29, 0.717) is 6.42 Å². The lowest BCUT2D eigenvalue weighted by Gasteiger charge is -2.11. The Morgan fingerprint density at radius 3 is 2.69 bits per heavy atom. The molecule has 1 rings (SSSR count). The van der Waals surface area contributed by atoms with Crippen molar-refractivity contribution < 1.29 is 4.39 Å². The summed E-state index contributed by atoms with van der Waals surface area (Å²) < 4.78 is 13.5. The van der Waals surface area contributed by atoms with Crippen molar-refractivity contribution in [1.82, 2.24) is 0 Å². The van der Waals surface area contributed by atoms with Crippen molar-refractivity contribution in [3.8, 4) is 0 Å². The van der Waals surface area contributed by atoms with Gasteiger partial charge >= 0.3 is 0 Å². The van der Waals surface area contributed by atoms with E-state index in [-0.39, 0.29) is 6.04 Å². The molecule has 0 saturated carbocycles. The highest BCUT2D eigenvalue weighted by atomic mass is 19.1. The average molecular weight is 181 g/mol. The molecule has 2 unspecified atom stereocenters. The third-order valence-electron chi connectivity index (χ3n) is 1.98. The van der Waals surface area contributed by atoms with E-state index in [1.165, 1.54) is 0 Å². The molecule has 0 heterocycles. The summed E-state index contributed by atoms with van der Waals surface area (Å²) in [5.41, 5.74) is 7.35. The molecule has 0 spiro atoms. The molecule has 0 aliphatic heterocycles. The maximum absolute atomic E-state index is 13.5. The number of hydrogen-bond acceptors (Lipinski definition) is 1. The molecule has 13 heavy (non-hydrogen) atoms. The molecule has 0 amide bonds. The third-order valence-corrected chi connectivity index (χ3v) is 1.98. The Morgan fingerprint density at radius 1 is 1.46 bits per heavy atom. The van der Waals surface area contributed by atoms with Gasteiger partial charge in [-0.2, -0.15) is 0 Å². The minimum absolute atomic E-state index is 0.0875. The van der Waals surface area contributed by atoms with Gasteiger partial charge in [-0.25, -0.2) is 4.39 Å². The van der Waals surface area contributed by atoms with Crippen molar-refractivity contribution in [2.45, 2.75) is 32.5 Å². The van der Waals surface area contributed by atoms with Gasteiger partial charge in [0.15, 0.2) is 0 Å². The van der Waals surface area contributed by atoms with Crippen LogP contribution in [0.4, 0.5) is 4.39 Å². The summed E-state index contributed by atoms with van der Waals surface area (Å²) in [5, 5.41) is 0. The molecule has 0 aliphatic rings. The first-order chi connectivity index (χ1) is 6.09. The van der Waals surface area contributed by atoms with Gasteiger partial charge in [0.25, 0.3) is 0 Å². The summed E-state index contributed by atoms with van der Waals surface area (Å²) in [5.74, 6) is 0. The number of aryl methyl sites for hydroxylation is 1. The van der Waals surface area contributed by atoms with Crippen LogP contribution in [0.25, 0.3) is 0 Å². The lowest BCUT2D eigenvalue weighted by Crippen LogP contribution is -2.17. The first-order valence-corrected chi connectivity index (χ1v) is 4.56. The van der Waals surface area contributed by atoms with Crippen molar-refractivity contribution in [2.75, 3.05) is 0 Å². The Balaban J connectivity index is 2.71. The fourth-order valence-electron chi connectivity index (χ4n) is 1.33. The van der Waals surface area contributed by atoms with Crippen molar-refractivity contribution >= 4 is 0 Å². The third kappa shape index (κ3) is 3.15. The largest absolute Gasteiger partial charge is 0.328 e. The zero-order valence-corrected chi connectivity index (χ0v) is 8.13. The Hall–Kier alpha value is -0.890. The Labute approximate surface area is 78.8 Å². The van der Waals surface area contributed by atoms with Crippen LogP contribution in [0.3, 0.4) is 0 Å². The van der Waals surface area contributed by atoms with Gasteiger partial charge in [-0.15, -0.1) is 0 Å². The minimum atomic E-state index is -0.931. The van der Waals surface area contributed by atoms with Gasteiger partial charge in [-0.05, 0) is 25.8 Å². The van der Waals surface area contributed by atoms with Gasteiger partial charge in [0.2, 0.25) is 0 Å². The van der Waals surface area contributed by atoms with Gasteiger partial charge < -0.3 is 5.73 Å². The van der Waals surface area contributed by atoms with E-state index >= 15 is 0 Å². The van der Waals surface area contributed by atoms with Crippen LogP contribution in [0.5, 0.6) is 0 Å². The van der Waals surface area contributed by atoms with E-state index < -0.39 is 6.17 Å². The molecule has 1 aromatic carbocycles. The maximum Gasteiger partial charge on any atom is 0.127 e. The van der Waals surface area contributed by atoms with Crippen molar-refractivity contribution in [1.29, 1.82) is 0 Å². The number of benzene rings is 1. The van der Waals surface area contributed by atoms with E-state index in [1.54, 1.807) is 6.07 Å². The molecule has 2 atom stereocenters. The van der Waals surface area contributed by atoms with Gasteiger partial charge in [0.05, 0.1) is 0 Å². The number of alkyl halides is 1. The van der Waals surface area contributed by atoms with E-state index in [1.807, 2.05) is 32.0 Å². The normalized spacial score (nSPS) is 15.4. The molecule has 2 N–H and O–H groups in total. The van der Waals surface area contributed by atoms with Gasteiger partial charge in [-0.1, -0.05) is 29.8 Å². The van der Waals surface area contributed by atoms with Gasteiger partial charge in [0, 0.05) is 6.04 Å². The molecule has 0 bridgehead atoms. The van der Waals surface area contributed by atoms with Crippen LogP contribution in [-0.4, -0.2) is 6.04 Å². The van der Waals surface area contributed by atoms with Crippen LogP contribution in [0, 0.1) is 6.92 Å². The zero-order valence-electron chi connectivity index (χ0n) is 8.13. The number of nitrogens with two attached hydrogens (primary N) is 1. The standard InChI is InChI=1S/C11H16FN/c1-8-4-3-5-10(6-8)11(12)7-9(2)13/h3-6,9,11H,7,13H2,1-2H3. The summed E-state index contributed by atoms with van der Waals surface area (Å²) in [6.07, 6.45) is -0.538. The van der Waals surface area contributed by atoms with Crippen molar-refractivity contribution in [3.05, 3.63) is 35.4 Å². The highest BCUT2D eigenvalue weighted by molar-refractivity contribution is 5.24. The van der Waals surface area contributed by atoms with Crippen LogP contribution >= 0.6 is 0 Å². The Morgan fingerprint density at radius 2 is 2.15 bits per heavy atom. The fraction of sp³-hybridized carbons (Fsp3) is 0.455. The average Bonchev–Trinajstić information content (AvgIpc) is 2.03. The molecular weight excluding hydrogens is 165 g/mol. The monoisotopic (exact) mass is 181 g/mol. The lowest BCUT2D eigenvalue weighted by atomic mass is 10.0. The highest BCUT2D eigenvalue weighted by Crippen LogP contribution is 2.22. The first kappa shape index (κ1) is 10.2. The van der Waals surface area contributed by atoms with E-state index in [9.17, 15) is 4.39 Å². The van der Waals surface area contributed by atoms with E-state index in [0.717, 1.165) is 11.1 Å². The minimum Gasteiger partial charge on any atom is -0.328 e. The van der Waals surface area contributed by atoms with Crippen LogP contribution in [-0.2, 0) is 0 Å². The van der Waals surface area contributed by atoms with Crippen LogP contribution in [0.1, 0.15) is 30.6 Å². The maximum atomic E-state index is 13.5. The summed E-state index contributed by atoms with van der Waals surface area (Å²) in [4.78, 5) is 0. The summed E-state index contributed by atoms with van der Waals surface area (Å²) in [6.45, 7) is 3.78. The predicted octanol–water partition coefficient (Wildman–Crippen LogP) is 2.74. The Kier molecular flexibility index (Phi) is 3.43. The van der Waals surface area contributed by atoms with Crippen LogP contribution in [0.15, 0.2) is 24.3 Å².